The molecule has 1 amide bonds. The minimum Gasteiger partial charge on any atom is -0.451 e. The monoisotopic (exact) mass is 356 g/mol. The first-order chi connectivity index (χ1) is 12.5. The molecular weight excluding hydrogens is 332 g/mol. The molecule has 1 fully saturated rings. The standard InChI is InChI=1S/C20H24N2O4/c1-13-8-6-7-11-16(13)21-17(23)12-25-20(24)18-14(2)26-19(22-18)15-9-4-3-5-10-15/h3-5,9-10,13,16H,6-8,11-12H2,1-2H3,(H,21,23)/t13-,16-/m1/s1. The fourth-order valence-electron chi connectivity index (χ4n) is 3.27. The second-order valence-corrected chi connectivity index (χ2v) is 6.80. The molecule has 6 nitrogen and oxygen atoms in total. The van der Waals surface area contributed by atoms with Gasteiger partial charge in [0.25, 0.3) is 5.91 Å². The summed E-state index contributed by atoms with van der Waals surface area (Å²) < 4.78 is 10.7. The quantitative estimate of drug-likeness (QED) is 0.829. The van der Waals surface area contributed by atoms with E-state index in [0.29, 0.717) is 17.6 Å². The van der Waals surface area contributed by atoms with Gasteiger partial charge < -0.3 is 14.5 Å². The Hall–Kier alpha value is -2.63. The van der Waals surface area contributed by atoms with Crippen LogP contribution in [0.4, 0.5) is 0 Å². The molecule has 1 saturated carbocycles. The van der Waals surface area contributed by atoms with Crippen molar-refractivity contribution in [2.24, 2.45) is 5.92 Å². The molecule has 0 radical (unpaired) electrons. The van der Waals surface area contributed by atoms with E-state index in [4.69, 9.17) is 9.15 Å². The van der Waals surface area contributed by atoms with E-state index in [2.05, 4.69) is 17.2 Å². The molecule has 6 heteroatoms. The van der Waals surface area contributed by atoms with Crippen molar-refractivity contribution >= 4 is 11.9 Å². The van der Waals surface area contributed by atoms with Gasteiger partial charge in [0.2, 0.25) is 5.89 Å². The summed E-state index contributed by atoms with van der Waals surface area (Å²) in [5, 5.41) is 2.96. The number of ether oxygens (including phenoxy) is 1. The molecule has 1 aliphatic carbocycles. The third kappa shape index (κ3) is 4.31. The van der Waals surface area contributed by atoms with E-state index in [1.165, 1.54) is 6.42 Å². The molecule has 26 heavy (non-hydrogen) atoms. The zero-order valence-electron chi connectivity index (χ0n) is 15.2. The molecule has 2 aromatic rings. The Morgan fingerprint density at radius 2 is 1.96 bits per heavy atom. The zero-order chi connectivity index (χ0) is 18.5. The van der Waals surface area contributed by atoms with Crippen LogP contribution in [0.3, 0.4) is 0 Å². The summed E-state index contributed by atoms with van der Waals surface area (Å²) in [7, 11) is 0. The molecule has 1 aromatic heterocycles. The summed E-state index contributed by atoms with van der Waals surface area (Å²) >= 11 is 0. The van der Waals surface area contributed by atoms with E-state index in [1.54, 1.807) is 6.92 Å². The normalized spacial score (nSPS) is 19.8. The van der Waals surface area contributed by atoms with Crippen LogP contribution in [0, 0.1) is 12.8 Å². The fraction of sp³-hybridized carbons (Fsp3) is 0.450. The average Bonchev–Trinajstić information content (AvgIpc) is 3.04. The van der Waals surface area contributed by atoms with Crippen molar-refractivity contribution < 1.29 is 18.7 Å². The predicted molar refractivity (Wildman–Crippen MR) is 96.5 cm³/mol. The maximum absolute atomic E-state index is 12.2. The molecule has 1 aromatic carbocycles. The fourth-order valence-corrected chi connectivity index (χ4v) is 3.27. The van der Waals surface area contributed by atoms with Gasteiger partial charge >= 0.3 is 5.97 Å². The van der Waals surface area contributed by atoms with Crippen molar-refractivity contribution in [2.75, 3.05) is 6.61 Å². The number of aryl methyl sites for hydroxylation is 1. The van der Waals surface area contributed by atoms with E-state index in [-0.39, 0.29) is 24.2 Å². The number of oxazole rings is 1. The van der Waals surface area contributed by atoms with Crippen molar-refractivity contribution in [2.45, 2.75) is 45.6 Å². The van der Waals surface area contributed by atoms with Gasteiger partial charge in [-0.3, -0.25) is 4.79 Å². The second kappa shape index (κ2) is 8.17. The highest BCUT2D eigenvalue weighted by atomic mass is 16.5. The topological polar surface area (TPSA) is 81.4 Å². The molecule has 1 N–H and O–H groups in total. The van der Waals surface area contributed by atoms with Gasteiger partial charge in [0.15, 0.2) is 12.3 Å². The minimum atomic E-state index is -0.653. The van der Waals surface area contributed by atoms with E-state index in [9.17, 15) is 9.59 Å². The largest absolute Gasteiger partial charge is 0.451 e. The van der Waals surface area contributed by atoms with Gasteiger partial charge in [-0.05, 0) is 37.8 Å². The molecule has 0 saturated heterocycles. The number of benzene rings is 1. The van der Waals surface area contributed by atoms with Crippen molar-refractivity contribution in [3.8, 4) is 11.5 Å². The van der Waals surface area contributed by atoms with Crippen LogP contribution in [0.15, 0.2) is 34.7 Å². The number of carbonyl (C=O) groups excluding carboxylic acids is 2. The molecule has 0 spiro atoms. The van der Waals surface area contributed by atoms with Gasteiger partial charge in [0.1, 0.15) is 5.76 Å². The lowest BCUT2D eigenvalue weighted by Gasteiger charge is -2.29. The van der Waals surface area contributed by atoms with E-state index < -0.39 is 5.97 Å². The Morgan fingerprint density at radius 1 is 1.23 bits per heavy atom. The van der Waals surface area contributed by atoms with E-state index in [1.807, 2.05) is 30.3 Å². The SMILES string of the molecule is Cc1oc(-c2ccccc2)nc1C(=O)OCC(=O)N[C@@H]1CCCC[C@H]1C. The highest BCUT2D eigenvalue weighted by Gasteiger charge is 2.24. The second-order valence-electron chi connectivity index (χ2n) is 6.80. The Kier molecular flexibility index (Phi) is 5.71. The summed E-state index contributed by atoms with van der Waals surface area (Å²) in [4.78, 5) is 28.5. The Balaban J connectivity index is 1.56. The lowest BCUT2D eigenvalue weighted by molar-refractivity contribution is -0.125. The summed E-state index contributed by atoms with van der Waals surface area (Å²) in [5.41, 5.74) is 0.876. The van der Waals surface area contributed by atoms with Crippen LogP contribution in [-0.2, 0) is 9.53 Å². The third-order valence-electron chi connectivity index (χ3n) is 4.80. The van der Waals surface area contributed by atoms with Gasteiger partial charge in [-0.1, -0.05) is 38.0 Å². The molecule has 0 unspecified atom stereocenters. The van der Waals surface area contributed by atoms with E-state index >= 15 is 0 Å². The first kappa shape index (κ1) is 18.2. The molecule has 0 bridgehead atoms. The van der Waals surface area contributed by atoms with Crippen molar-refractivity contribution in [3.63, 3.8) is 0 Å². The third-order valence-corrected chi connectivity index (χ3v) is 4.80. The lowest BCUT2D eigenvalue weighted by Crippen LogP contribution is -2.42. The van der Waals surface area contributed by atoms with Crippen molar-refractivity contribution in [1.82, 2.24) is 10.3 Å². The summed E-state index contributed by atoms with van der Waals surface area (Å²) in [6.45, 7) is 3.48. The zero-order valence-corrected chi connectivity index (χ0v) is 15.2. The molecule has 0 aliphatic heterocycles. The number of hydrogen-bond donors (Lipinski definition) is 1. The molecule has 2 atom stereocenters. The van der Waals surface area contributed by atoms with Crippen LogP contribution in [0.2, 0.25) is 0 Å². The van der Waals surface area contributed by atoms with E-state index in [0.717, 1.165) is 24.8 Å². The first-order valence-electron chi connectivity index (χ1n) is 9.04. The maximum Gasteiger partial charge on any atom is 0.361 e. The summed E-state index contributed by atoms with van der Waals surface area (Å²) in [6.07, 6.45) is 4.42. The number of nitrogens with one attached hydrogen (secondary N) is 1. The highest BCUT2D eigenvalue weighted by molar-refractivity contribution is 5.91. The Bertz CT molecular complexity index is 769. The smallest absolute Gasteiger partial charge is 0.361 e. The molecule has 1 heterocycles. The molecule has 3 rings (SSSR count). The lowest BCUT2D eigenvalue weighted by atomic mass is 9.86. The van der Waals surface area contributed by atoms with Gasteiger partial charge in [-0.15, -0.1) is 0 Å². The van der Waals surface area contributed by atoms with Gasteiger partial charge in [0, 0.05) is 11.6 Å². The number of nitrogens with zero attached hydrogens (tertiary/aromatic N) is 1. The number of aromatic nitrogens is 1. The van der Waals surface area contributed by atoms with Crippen LogP contribution in [0.25, 0.3) is 11.5 Å². The van der Waals surface area contributed by atoms with Crippen LogP contribution >= 0.6 is 0 Å². The average molecular weight is 356 g/mol. The van der Waals surface area contributed by atoms with Crippen LogP contribution in [0.1, 0.15) is 48.9 Å². The minimum absolute atomic E-state index is 0.0997. The number of rotatable bonds is 5. The molecular formula is C20H24N2O4. The van der Waals surface area contributed by atoms with Crippen LogP contribution in [0.5, 0.6) is 0 Å². The summed E-state index contributed by atoms with van der Waals surface area (Å²) in [6, 6.07) is 9.47. The highest BCUT2D eigenvalue weighted by Crippen LogP contribution is 2.24. The number of hydrogen-bond acceptors (Lipinski definition) is 5. The van der Waals surface area contributed by atoms with Crippen molar-refractivity contribution in [3.05, 3.63) is 41.8 Å². The van der Waals surface area contributed by atoms with Gasteiger partial charge in [-0.25, -0.2) is 9.78 Å². The molecule has 138 valence electrons. The number of esters is 1. The summed E-state index contributed by atoms with van der Waals surface area (Å²) in [5.74, 6) is 0.252. The number of carbonyl (C=O) groups is 2. The van der Waals surface area contributed by atoms with Crippen molar-refractivity contribution in [1.29, 1.82) is 0 Å². The Morgan fingerprint density at radius 3 is 2.69 bits per heavy atom. The Labute approximate surface area is 152 Å². The van der Waals surface area contributed by atoms with Gasteiger partial charge in [0.05, 0.1) is 0 Å². The first-order valence-corrected chi connectivity index (χ1v) is 9.04. The maximum atomic E-state index is 12.2. The van der Waals surface area contributed by atoms with Gasteiger partial charge in [-0.2, -0.15) is 0 Å². The van der Waals surface area contributed by atoms with Crippen LogP contribution < -0.4 is 5.32 Å². The molecule has 1 aliphatic rings. The number of amides is 1. The predicted octanol–water partition coefficient (Wildman–Crippen LogP) is 3.50. The van der Waals surface area contributed by atoms with Crippen LogP contribution in [-0.4, -0.2) is 29.5 Å².